The Kier molecular flexibility index (Phi) is 4.68. The van der Waals surface area contributed by atoms with Crippen LogP contribution in [0.5, 0.6) is 0 Å². The minimum Gasteiger partial charge on any atom is -0.467 e. The van der Waals surface area contributed by atoms with Crippen molar-refractivity contribution >= 4 is 5.97 Å². The Morgan fingerprint density at radius 3 is 2.11 bits per heavy atom. The van der Waals surface area contributed by atoms with Crippen molar-refractivity contribution in [3.8, 4) is 0 Å². The van der Waals surface area contributed by atoms with Crippen LogP contribution >= 0.6 is 0 Å². The number of hydrogen-bond donors (Lipinski definition) is 3. The Hall–Kier alpha value is -0.730. The van der Waals surface area contributed by atoms with Crippen LogP contribution in [0.1, 0.15) is 20.8 Å². The van der Waals surface area contributed by atoms with Gasteiger partial charge in [-0.15, -0.1) is 0 Å². The Morgan fingerprint density at radius 1 is 1.11 bits per heavy atom. The standard InChI is InChI=1S/C11H20O7/c1-11(2,3)18-10-7(14)5(12)6(13)8(17-10)9(15)16-4/h5-8,10,12-14H,1-4H3/t5-,6-,7+,8-,10?/m0/s1. The van der Waals surface area contributed by atoms with Crippen LogP contribution in [0, 0.1) is 0 Å². The van der Waals surface area contributed by atoms with E-state index in [1.807, 2.05) is 0 Å². The van der Waals surface area contributed by atoms with Gasteiger partial charge < -0.3 is 29.5 Å². The molecule has 1 aliphatic rings. The van der Waals surface area contributed by atoms with E-state index in [0.29, 0.717) is 0 Å². The lowest BCUT2D eigenvalue weighted by Crippen LogP contribution is -2.61. The summed E-state index contributed by atoms with van der Waals surface area (Å²) in [6.45, 7) is 5.19. The molecule has 0 radical (unpaired) electrons. The Morgan fingerprint density at radius 2 is 1.67 bits per heavy atom. The molecule has 1 aliphatic heterocycles. The number of aliphatic hydroxyl groups excluding tert-OH is 3. The summed E-state index contributed by atoms with van der Waals surface area (Å²) in [5, 5.41) is 29.0. The number of methoxy groups -OCH3 is 1. The van der Waals surface area contributed by atoms with Crippen LogP contribution in [-0.4, -0.2) is 64.7 Å². The quantitative estimate of drug-likeness (QED) is 0.537. The summed E-state index contributed by atoms with van der Waals surface area (Å²) in [7, 11) is 1.13. The molecule has 0 aromatic heterocycles. The van der Waals surface area contributed by atoms with Crippen molar-refractivity contribution in [1.29, 1.82) is 0 Å². The summed E-state index contributed by atoms with van der Waals surface area (Å²) in [6.07, 6.45) is -7.16. The number of hydrogen-bond acceptors (Lipinski definition) is 7. The smallest absolute Gasteiger partial charge is 0.337 e. The molecular formula is C11H20O7. The highest BCUT2D eigenvalue weighted by Crippen LogP contribution is 2.26. The molecule has 0 bridgehead atoms. The molecule has 106 valence electrons. The number of carbonyl (C=O) groups is 1. The molecule has 0 aromatic carbocycles. The van der Waals surface area contributed by atoms with Crippen molar-refractivity contribution in [2.45, 2.75) is 57.1 Å². The molecule has 7 nitrogen and oxygen atoms in total. The van der Waals surface area contributed by atoms with Crippen molar-refractivity contribution in [2.75, 3.05) is 7.11 Å². The first-order valence-electron chi connectivity index (χ1n) is 5.62. The van der Waals surface area contributed by atoms with Crippen LogP contribution in [0.25, 0.3) is 0 Å². The van der Waals surface area contributed by atoms with Gasteiger partial charge in [0.05, 0.1) is 12.7 Å². The lowest BCUT2D eigenvalue weighted by molar-refractivity contribution is -0.314. The Balaban J connectivity index is 2.84. The zero-order valence-electron chi connectivity index (χ0n) is 10.9. The zero-order valence-corrected chi connectivity index (χ0v) is 10.9. The monoisotopic (exact) mass is 264 g/mol. The minimum absolute atomic E-state index is 0.645. The molecule has 1 heterocycles. The maximum Gasteiger partial charge on any atom is 0.337 e. The lowest BCUT2D eigenvalue weighted by Gasteiger charge is -2.41. The molecule has 3 N–H and O–H groups in total. The van der Waals surface area contributed by atoms with Crippen LogP contribution < -0.4 is 0 Å². The predicted octanol–water partition coefficient (Wildman–Crippen LogP) is -1.22. The van der Waals surface area contributed by atoms with E-state index in [2.05, 4.69) is 4.74 Å². The summed E-state index contributed by atoms with van der Waals surface area (Å²) in [5.74, 6) is -0.837. The molecule has 1 unspecified atom stereocenters. The molecule has 18 heavy (non-hydrogen) atoms. The first-order chi connectivity index (χ1) is 8.17. The van der Waals surface area contributed by atoms with Gasteiger partial charge in [-0.1, -0.05) is 0 Å². The maximum absolute atomic E-state index is 11.4. The molecule has 0 amide bonds. The summed E-state index contributed by atoms with van der Waals surface area (Å²) < 4.78 is 15.0. The van der Waals surface area contributed by atoms with Crippen LogP contribution in [0.15, 0.2) is 0 Å². The lowest BCUT2D eigenvalue weighted by atomic mass is 9.98. The molecule has 0 spiro atoms. The van der Waals surface area contributed by atoms with Gasteiger partial charge >= 0.3 is 5.97 Å². The van der Waals surface area contributed by atoms with Gasteiger partial charge in [-0.2, -0.15) is 0 Å². The fraction of sp³-hybridized carbons (Fsp3) is 0.909. The first-order valence-corrected chi connectivity index (χ1v) is 5.62. The first kappa shape index (κ1) is 15.3. The highest BCUT2D eigenvalue weighted by molar-refractivity contribution is 5.75. The average Bonchev–Trinajstić information content (AvgIpc) is 2.27. The zero-order chi connectivity index (χ0) is 14.1. The number of carbonyl (C=O) groups excluding carboxylic acids is 1. The highest BCUT2D eigenvalue weighted by Gasteiger charge is 2.48. The van der Waals surface area contributed by atoms with Crippen molar-refractivity contribution < 1.29 is 34.3 Å². The van der Waals surface area contributed by atoms with Gasteiger partial charge in [0.15, 0.2) is 12.4 Å². The summed E-state index contributed by atoms with van der Waals surface area (Å²) >= 11 is 0. The average molecular weight is 264 g/mol. The molecule has 1 rings (SSSR count). The van der Waals surface area contributed by atoms with Gasteiger partial charge in [0.1, 0.15) is 18.3 Å². The molecule has 5 atom stereocenters. The van der Waals surface area contributed by atoms with E-state index in [1.165, 1.54) is 0 Å². The third-order valence-electron chi connectivity index (χ3n) is 2.47. The largest absolute Gasteiger partial charge is 0.467 e. The van der Waals surface area contributed by atoms with Gasteiger partial charge in [-0.25, -0.2) is 4.79 Å². The SMILES string of the molecule is COC(=O)[C@H]1OC(OC(C)(C)C)[C@H](O)[C@@H](O)[C@@H]1O. The number of rotatable bonds is 2. The topological polar surface area (TPSA) is 105 Å². The third kappa shape index (κ3) is 3.39. The van der Waals surface area contributed by atoms with Gasteiger partial charge in [0, 0.05) is 0 Å². The van der Waals surface area contributed by atoms with Crippen molar-refractivity contribution in [3.05, 3.63) is 0 Å². The van der Waals surface area contributed by atoms with Crippen LogP contribution in [0.4, 0.5) is 0 Å². The van der Waals surface area contributed by atoms with E-state index in [0.717, 1.165) is 7.11 Å². The molecular weight excluding hydrogens is 244 g/mol. The van der Waals surface area contributed by atoms with E-state index in [9.17, 15) is 20.1 Å². The Labute approximate surface area is 105 Å². The van der Waals surface area contributed by atoms with Gasteiger partial charge in [0.25, 0.3) is 0 Å². The van der Waals surface area contributed by atoms with Gasteiger partial charge in [-0.3, -0.25) is 0 Å². The number of ether oxygens (including phenoxy) is 3. The Bertz CT molecular complexity index is 298. The summed E-state index contributed by atoms with van der Waals surface area (Å²) in [5.41, 5.74) is -0.645. The van der Waals surface area contributed by atoms with Crippen molar-refractivity contribution in [2.24, 2.45) is 0 Å². The molecule has 0 aliphatic carbocycles. The molecule has 7 heteroatoms. The molecule has 1 fully saturated rings. The third-order valence-corrected chi connectivity index (χ3v) is 2.47. The molecule has 0 aromatic rings. The fourth-order valence-electron chi connectivity index (χ4n) is 1.60. The second kappa shape index (κ2) is 5.50. The number of esters is 1. The highest BCUT2D eigenvalue weighted by atomic mass is 16.7. The van der Waals surface area contributed by atoms with Crippen molar-refractivity contribution in [1.82, 2.24) is 0 Å². The number of aliphatic hydroxyl groups is 3. The predicted molar refractivity (Wildman–Crippen MR) is 59.5 cm³/mol. The van der Waals surface area contributed by atoms with Gasteiger partial charge in [-0.05, 0) is 20.8 Å². The maximum atomic E-state index is 11.4. The van der Waals surface area contributed by atoms with E-state index < -0.39 is 42.3 Å². The minimum atomic E-state index is -1.56. The van der Waals surface area contributed by atoms with Crippen molar-refractivity contribution in [3.63, 3.8) is 0 Å². The fourth-order valence-corrected chi connectivity index (χ4v) is 1.60. The van der Waals surface area contributed by atoms with E-state index >= 15 is 0 Å². The molecule has 1 saturated heterocycles. The van der Waals surface area contributed by atoms with Gasteiger partial charge in [0.2, 0.25) is 0 Å². The van der Waals surface area contributed by atoms with E-state index in [-0.39, 0.29) is 0 Å². The molecule has 0 saturated carbocycles. The second-order valence-corrected chi connectivity index (χ2v) is 5.15. The van der Waals surface area contributed by atoms with Crippen LogP contribution in [0.3, 0.4) is 0 Å². The normalized spacial score (nSPS) is 37.4. The second-order valence-electron chi connectivity index (χ2n) is 5.15. The summed E-state index contributed by atoms with van der Waals surface area (Å²) in [6, 6.07) is 0. The van der Waals surface area contributed by atoms with E-state index in [4.69, 9.17) is 9.47 Å². The van der Waals surface area contributed by atoms with Crippen LogP contribution in [0.2, 0.25) is 0 Å². The van der Waals surface area contributed by atoms with E-state index in [1.54, 1.807) is 20.8 Å². The summed E-state index contributed by atoms with van der Waals surface area (Å²) in [4.78, 5) is 11.4. The van der Waals surface area contributed by atoms with Crippen LogP contribution in [-0.2, 0) is 19.0 Å².